The second kappa shape index (κ2) is 6.14. The van der Waals surface area contributed by atoms with Crippen molar-refractivity contribution in [2.24, 2.45) is 13.0 Å². The molecule has 0 saturated carbocycles. The zero-order chi connectivity index (χ0) is 13.0. The van der Waals surface area contributed by atoms with Crippen LogP contribution in [-0.2, 0) is 19.9 Å². The monoisotopic (exact) mass is 307 g/mol. The Bertz CT molecular complexity index is 490. The van der Waals surface area contributed by atoms with Crippen molar-refractivity contribution in [3.8, 4) is 0 Å². The molecule has 0 radical (unpaired) electrons. The van der Waals surface area contributed by atoms with Crippen molar-refractivity contribution in [2.45, 2.75) is 19.8 Å². The highest BCUT2D eigenvalue weighted by Gasteiger charge is 2.11. The lowest BCUT2D eigenvalue weighted by atomic mass is 9.96. The molecule has 0 aliphatic carbocycles. The molecular formula is C14H18BrN3. The van der Waals surface area contributed by atoms with E-state index in [0.717, 1.165) is 23.9 Å². The third kappa shape index (κ3) is 3.67. The van der Waals surface area contributed by atoms with Crippen molar-refractivity contribution in [3.63, 3.8) is 0 Å². The van der Waals surface area contributed by atoms with E-state index in [4.69, 9.17) is 0 Å². The summed E-state index contributed by atoms with van der Waals surface area (Å²) < 4.78 is 1.76. The fraction of sp³-hybridized carbons (Fsp3) is 0.429. The molecular weight excluding hydrogens is 290 g/mol. The predicted molar refractivity (Wildman–Crippen MR) is 76.9 cm³/mol. The summed E-state index contributed by atoms with van der Waals surface area (Å²) in [7, 11) is 1.90. The standard InChI is InChI=1S/C14H18BrN3/c1-11-3-5-12(6-4-11)7-13(9-15)8-14-10-18(2)17-16-14/h3-6,10,13H,7-9H2,1-2H3. The van der Waals surface area contributed by atoms with Gasteiger partial charge in [0.25, 0.3) is 0 Å². The van der Waals surface area contributed by atoms with E-state index in [9.17, 15) is 0 Å². The minimum atomic E-state index is 0.560. The molecule has 3 nitrogen and oxygen atoms in total. The van der Waals surface area contributed by atoms with Crippen LogP contribution in [0.15, 0.2) is 30.5 Å². The van der Waals surface area contributed by atoms with Gasteiger partial charge in [0.15, 0.2) is 0 Å². The number of hydrogen-bond acceptors (Lipinski definition) is 2. The van der Waals surface area contributed by atoms with Crippen LogP contribution >= 0.6 is 15.9 Å². The first kappa shape index (κ1) is 13.3. The quantitative estimate of drug-likeness (QED) is 0.795. The Morgan fingerprint density at radius 3 is 2.50 bits per heavy atom. The number of nitrogens with zero attached hydrogens (tertiary/aromatic N) is 3. The topological polar surface area (TPSA) is 30.7 Å². The van der Waals surface area contributed by atoms with Gasteiger partial charge in [-0.1, -0.05) is 51.0 Å². The molecule has 0 aliphatic heterocycles. The maximum absolute atomic E-state index is 4.15. The summed E-state index contributed by atoms with van der Waals surface area (Å²) in [5.74, 6) is 0.560. The van der Waals surface area contributed by atoms with E-state index in [1.54, 1.807) is 4.68 Å². The van der Waals surface area contributed by atoms with Crippen LogP contribution < -0.4 is 0 Å². The Kier molecular flexibility index (Phi) is 4.53. The van der Waals surface area contributed by atoms with E-state index >= 15 is 0 Å². The molecule has 96 valence electrons. The highest BCUT2D eigenvalue weighted by Crippen LogP contribution is 2.16. The Hall–Kier alpha value is -1.16. The van der Waals surface area contributed by atoms with Crippen molar-refractivity contribution < 1.29 is 0 Å². The molecule has 1 unspecified atom stereocenters. The molecule has 1 aromatic heterocycles. The van der Waals surface area contributed by atoms with E-state index in [-0.39, 0.29) is 0 Å². The Balaban J connectivity index is 1.99. The van der Waals surface area contributed by atoms with Gasteiger partial charge < -0.3 is 0 Å². The molecule has 0 fully saturated rings. The van der Waals surface area contributed by atoms with Gasteiger partial charge in [-0.25, -0.2) is 0 Å². The number of hydrogen-bond donors (Lipinski definition) is 0. The zero-order valence-corrected chi connectivity index (χ0v) is 12.4. The van der Waals surface area contributed by atoms with E-state index in [0.29, 0.717) is 5.92 Å². The normalized spacial score (nSPS) is 12.6. The number of alkyl halides is 1. The molecule has 0 saturated heterocycles. The average molecular weight is 308 g/mol. The van der Waals surface area contributed by atoms with Gasteiger partial charge in [0.1, 0.15) is 0 Å². The van der Waals surface area contributed by atoms with Gasteiger partial charge in [0.2, 0.25) is 0 Å². The maximum Gasteiger partial charge on any atom is 0.0830 e. The molecule has 0 N–H and O–H groups in total. The van der Waals surface area contributed by atoms with Gasteiger partial charge in [-0.3, -0.25) is 4.68 Å². The van der Waals surface area contributed by atoms with Gasteiger partial charge in [-0.05, 0) is 31.2 Å². The lowest BCUT2D eigenvalue weighted by Gasteiger charge is -2.12. The van der Waals surface area contributed by atoms with Crippen molar-refractivity contribution in [1.29, 1.82) is 0 Å². The van der Waals surface area contributed by atoms with E-state index in [1.165, 1.54) is 11.1 Å². The summed E-state index contributed by atoms with van der Waals surface area (Å²) in [6, 6.07) is 8.76. The molecule has 2 aromatic rings. The van der Waals surface area contributed by atoms with Crippen LogP contribution in [0.1, 0.15) is 16.8 Å². The van der Waals surface area contributed by atoms with E-state index in [1.807, 2.05) is 13.2 Å². The van der Waals surface area contributed by atoms with Crippen LogP contribution in [0.4, 0.5) is 0 Å². The molecule has 1 aromatic carbocycles. The minimum absolute atomic E-state index is 0.560. The zero-order valence-electron chi connectivity index (χ0n) is 10.8. The molecule has 0 bridgehead atoms. The van der Waals surface area contributed by atoms with Crippen LogP contribution in [0.5, 0.6) is 0 Å². The number of halogens is 1. The minimum Gasteiger partial charge on any atom is -0.255 e. The van der Waals surface area contributed by atoms with Gasteiger partial charge in [-0.2, -0.15) is 0 Å². The SMILES string of the molecule is Cc1ccc(CC(CBr)Cc2cn(C)nn2)cc1. The number of benzene rings is 1. The largest absolute Gasteiger partial charge is 0.255 e. The lowest BCUT2D eigenvalue weighted by molar-refractivity contribution is 0.581. The number of rotatable bonds is 5. The Morgan fingerprint density at radius 1 is 1.22 bits per heavy atom. The first-order valence-electron chi connectivity index (χ1n) is 6.14. The molecule has 0 aliphatic rings. The second-order valence-corrected chi connectivity index (χ2v) is 5.45. The van der Waals surface area contributed by atoms with Crippen molar-refractivity contribution in [2.75, 3.05) is 5.33 Å². The third-order valence-electron chi connectivity index (χ3n) is 3.01. The van der Waals surface area contributed by atoms with Crippen molar-refractivity contribution in [3.05, 3.63) is 47.3 Å². The van der Waals surface area contributed by atoms with E-state index in [2.05, 4.69) is 57.4 Å². The molecule has 0 spiro atoms. The summed E-state index contributed by atoms with van der Waals surface area (Å²) in [5.41, 5.74) is 3.76. The van der Waals surface area contributed by atoms with Gasteiger partial charge in [-0.15, -0.1) is 5.10 Å². The van der Waals surface area contributed by atoms with Crippen LogP contribution in [0, 0.1) is 12.8 Å². The van der Waals surface area contributed by atoms with Crippen LogP contribution in [0.2, 0.25) is 0 Å². The smallest absolute Gasteiger partial charge is 0.0830 e. The fourth-order valence-corrected chi connectivity index (χ4v) is 2.48. The van der Waals surface area contributed by atoms with Crippen molar-refractivity contribution in [1.82, 2.24) is 15.0 Å². The first-order chi connectivity index (χ1) is 8.67. The summed E-state index contributed by atoms with van der Waals surface area (Å²) in [5, 5.41) is 9.11. The van der Waals surface area contributed by atoms with Crippen LogP contribution in [-0.4, -0.2) is 20.3 Å². The van der Waals surface area contributed by atoms with Crippen molar-refractivity contribution >= 4 is 15.9 Å². The Morgan fingerprint density at radius 2 is 1.94 bits per heavy atom. The number of aromatic nitrogens is 3. The molecule has 18 heavy (non-hydrogen) atoms. The van der Waals surface area contributed by atoms with E-state index < -0.39 is 0 Å². The summed E-state index contributed by atoms with van der Waals surface area (Å²) in [4.78, 5) is 0. The molecule has 1 atom stereocenters. The summed E-state index contributed by atoms with van der Waals surface area (Å²) in [6.45, 7) is 2.12. The fourth-order valence-electron chi connectivity index (χ4n) is 2.02. The highest BCUT2D eigenvalue weighted by atomic mass is 79.9. The molecule has 1 heterocycles. The second-order valence-electron chi connectivity index (χ2n) is 4.80. The lowest BCUT2D eigenvalue weighted by Crippen LogP contribution is -2.10. The molecule has 2 rings (SSSR count). The predicted octanol–water partition coefficient (Wildman–Crippen LogP) is 2.92. The number of aryl methyl sites for hydroxylation is 2. The molecule has 4 heteroatoms. The maximum atomic E-state index is 4.15. The average Bonchev–Trinajstić information content (AvgIpc) is 2.77. The van der Waals surface area contributed by atoms with Crippen LogP contribution in [0.3, 0.4) is 0 Å². The summed E-state index contributed by atoms with van der Waals surface area (Å²) in [6.07, 6.45) is 4.03. The third-order valence-corrected chi connectivity index (χ3v) is 3.93. The highest BCUT2D eigenvalue weighted by molar-refractivity contribution is 9.09. The molecule has 0 amide bonds. The Labute approximate surface area is 116 Å². The van der Waals surface area contributed by atoms with Crippen LogP contribution in [0.25, 0.3) is 0 Å². The van der Waals surface area contributed by atoms with Gasteiger partial charge in [0.05, 0.1) is 5.69 Å². The summed E-state index contributed by atoms with van der Waals surface area (Å²) >= 11 is 3.60. The van der Waals surface area contributed by atoms with Gasteiger partial charge >= 0.3 is 0 Å². The van der Waals surface area contributed by atoms with Gasteiger partial charge in [0, 0.05) is 18.6 Å². The first-order valence-corrected chi connectivity index (χ1v) is 7.26.